The third-order valence-electron chi connectivity index (χ3n) is 8.96. The number of hydrogen-bond donors (Lipinski definition) is 0. The maximum absolute atomic E-state index is 13.6. The molecule has 2 heterocycles. The van der Waals surface area contributed by atoms with Crippen molar-refractivity contribution in [2.24, 2.45) is 0 Å². The lowest BCUT2D eigenvalue weighted by Gasteiger charge is -2.22. The van der Waals surface area contributed by atoms with Crippen molar-refractivity contribution in [3.63, 3.8) is 0 Å². The normalized spacial score (nSPS) is 11.8. The minimum atomic E-state index is -0.535. The maximum atomic E-state index is 13.6. The van der Waals surface area contributed by atoms with Crippen molar-refractivity contribution >= 4 is 0 Å². The molecule has 0 radical (unpaired) electrons. The summed E-state index contributed by atoms with van der Waals surface area (Å²) in [4.78, 5) is 8.71. The molecule has 6 heteroatoms. The average Bonchev–Trinajstić information content (AvgIpc) is 3.10. The number of halogens is 2. The van der Waals surface area contributed by atoms with Crippen LogP contribution in [-0.2, 0) is 6.42 Å². The van der Waals surface area contributed by atoms with Crippen molar-refractivity contribution < 1.29 is 18.3 Å². The van der Waals surface area contributed by atoms with E-state index in [1.54, 1.807) is 24.4 Å². The zero-order valence-electron chi connectivity index (χ0n) is 29.1. The smallest absolute Gasteiger partial charge is 0.213 e. The van der Waals surface area contributed by atoms with Crippen LogP contribution in [0.15, 0.2) is 79.1 Å². The summed E-state index contributed by atoms with van der Waals surface area (Å²) in [6.07, 6.45) is 24.0. The highest BCUT2D eigenvalue weighted by Crippen LogP contribution is 2.39. The first-order chi connectivity index (χ1) is 23.6. The monoisotopic (exact) mass is 656 g/mol. The van der Waals surface area contributed by atoms with Crippen LogP contribution in [-0.4, -0.2) is 9.97 Å². The molecule has 1 unspecified atom stereocenters. The van der Waals surface area contributed by atoms with Gasteiger partial charge in [-0.15, -0.1) is 0 Å². The van der Waals surface area contributed by atoms with Gasteiger partial charge < -0.3 is 9.47 Å². The van der Waals surface area contributed by atoms with Crippen molar-refractivity contribution in [2.45, 2.75) is 129 Å². The highest BCUT2D eigenvalue weighted by molar-refractivity contribution is 5.46. The first-order valence-electron chi connectivity index (χ1n) is 18.4. The van der Waals surface area contributed by atoms with Gasteiger partial charge in [-0.05, 0) is 79.4 Å². The van der Waals surface area contributed by atoms with Crippen LogP contribution in [0.1, 0.15) is 139 Å². The van der Waals surface area contributed by atoms with Crippen LogP contribution in [0, 0.1) is 11.8 Å². The van der Waals surface area contributed by atoms with E-state index in [1.807, 2.05) is 12.1 Å². The van der Waals surface area contributed by atoms with Crippen LogP contribution < -0.4 is 9.47 Å². The fraction of sp³-hybridized carbons (Fsp3) is 0.476. The lowest BCUT2D eigenvalue weighted by molar-refractivity contribution is 0.459. The lowest BCUT2D eigenvalue weighted by atomic mass is 9.87. The van der Waals surface area contributed by atoms with Crippen LogP contribution in [0.4, 0.5) is 8.78 Å². The Hall–Kier alpha value is -3.80. The summed E-state index contributed by atoms with van der Waals surface area (Å²) >= 11 is 0. The van der Waals surface area contributed by atoms with Crippen molar-refractivity contribution in [3.8, 4) is 23.0 Å². The second-order valence-corrected chi connectivity index (χ2v) is 13.0. The molecular weight excluding hydrogens is 602 g/mol. The molecule has 0 saturated heterocycles. The van der Waals surface area contributed by atoms with Gasteiger partial charge in [0.15, 0.2) is 0 Å². The minimum absolute atomic E-state index is 0.00226. The molecule has 0 fully saturated rings. The van der Waals surface area contributed by atoms with Crippen LogP contribution in [0.5, 0.6) is 23.0 Å². The van der Waals surface area contributed by atoms with Crippen LogP contribution in [0.25, 0.3) is 0 Å². The van der Waals surface area contributed by atoms with Gasteiger partial charge in [-0.25, -0.2) is 9.37 Å². The van der Waals surface area contributed by atoms with Gasteiger partial charge in [-0.1, -0.05) is 116 Å². The molecule has 258 valence electrons. The van der Waals surface area contributed by atoms with E-state index in [1.165, 1.54) is 113 Å². The second-order valence-electron chi connectivity index (χ2n) is 13.0. The SMILES string of the molecule is CCCCCCCCCCc1ccc(Oc2ccc(F)nc2)c(C(CCCCCCCCC)c2ccc(Oc3ccc(F)cc3)cn2)c1. The van der Waals surface area contributed by atoms with Crippen molar-refractivity contribution in [2.75, 3.05) is 0 Å². The molecule has 4 rings (SSSR count). The topological polar surface area (TPSA) is 44.2 Å². The maximum Gasteiger partial charge on any atom is 0.213 e. The summed E-state index contributed by atoms with van der Waals surface area (Å²) in [5.41, 5.74) is 3.32. The van der Waals surface area contributed by atoms with Gasteiger partial charge in [0.1, 0.15) is 28.8 Å². The molecule has 0 aliphatic heterocycles. The van der Waals surface area contributed by atoms with Gasteiger partial charge in [-0.2, -0.15) is 4.39 Å². The number of benzene rings is 2. The quantitative estimate of drug-likeness (QED) is 0.0589. The molecule has 0 N–H and O–H groups in total. The number of rotatable bonds is 23. The summed E-state index contributed by atoms with van der Waals surface area (Å²) in [6, 6.07) is 19.4. The Labute approximate surface area is 287 Å². The number of hydrogen-bond acceptors (Lipinski definition) is 4. The second kappa shape index (κ2) is 21.2. The molecule has 48 heavy (non-hydrogen) atoms. The Balaban J connectivity index is 1.55. The zero-order chi connectivity index (χ0) is 33.8. The molecule has 0 bridgehead atoms. The highest BCUT2D eigenvalue weighted by Gasteiger charge is 2.21. The summed E-state index contributed by atoms with van der Waals surface area (Å²) in [7, 11) is 0. The van der Waals surface area contributed by atoms with Gasteiger partial charge in [-0.3, -0.25) is 4.98 Å². The molecule has 0 amide bonds. The highest BCUT2D eigenvalue weighted by atomic mass is 19.1. The summed E-state index contributed by atoms with van der Waals surface area (Å²) in [6.45, 7) is 4.51. The summed E-state index contributed by atoms with van der Waals surface area (Å²) < 4.78 is 39.4. The first kappa shape index (κ1) is 37.0. The third kappa shape index (κ3) is 13.0. The van der Waals surface area contributed by atoms with Crippen LogP contribution in [0.3, 0.4) is 0 Å². The van der Waals surface area contributed by atoms with E-state index in [0.717, 1.165) is 42.7 Å². The van der Waals surface area contributed by atoms with Crippen LogP contribution in [0.2, 0.25) is 0 Å². The van der Waals surface area contributed by atoms with E-state index in [-0.39, 0.29) is 11.7 Å². The van der Waals surface area contributed by atoms with E-state index in [9.17, 15) is 8.78 Å². The Kier molecular flexibility index (Phi) is 16.4. The van der Waals surface area contributed by atoms with Gasteiger partial charge >= 0.3 is 0 Å². The third-order valence-corrected chi connectivity index (χ3v) is 8.96. The van der Waals surface area contributed by atoms with Crippen LogP contribution >= 0.6 is 0 Å². The number of ether oxygens (including phenoxy) is 2. The Morgan fingerprint density at radius 3 is 1.77 bits per heavy atom. The van der Waals surface area contributed by atoms with Gasteiger partial charge in [0.05, 0.1) is 12.4 Å². The molecule has 0 aliphatic carbocycles. The zero-order valence-corrected chi connectivity index (χ0v) is 29.1. The molecule has 4 aromatic rings. The van der Waals surface area contributed by atoms with Gasteiger partial charge in [0.2, 0.25) is 5.95 Å². The molecule has 4 nitrogen and oxygen atoms in total. The standard InChI is InChI=1S/C42H54F2N2O2/c1-3-5-7-9-11-13-14-16-18-33-20-28-41(48-37-26-29-42(44)46-32-37)39(30-33)38(19-17-15-12-10-8-6-4-2)40-27-25-36(31-45-40)47-35-23-21-34(43)22-24-35/h20-32,38H,3-19H2,1-2H3. The minimum Gasteiger partial charge on any atom is -0.456 e. The van der Waals surface area contributed by atoms with Crippen molar-refractivity contribution in [3.05, 3.63) is 108 Å². The van der Waals surface area contributed by atoms with E-state index < -0.39 is 5.95 Å². The molecule has 1 atom stereocenters. The largest absolute Gasteiger partial charge is 0.456 e. The number of aryl methyl sites for hydroxylation is 1. The van der Waals surface area contributed by atoms with Crippen molar-refractivity contribution in [1.82, 2.24) is 9.97 Å². The molecule has 0 aliphatic rings. The Bertz CT molecular complexity index is 1440. The average molecular weight is 657 g/mol. The number of nitrogens with zero attached hydrogens (tertiary/aromatic N) is 2. The van der Waals surface area contributed by atoms with E-state index >= 15 is 0 Å². The number of pyridine rings is 2. The Morgan fingerprint density at radius 2 is 1.15 bits per heavy atom. The predicted molar refractivity (Wildman–Crippen MR) is 192 cm³/mol. The fourth-order valence-electron chi connectivity index (χ4n) is 6.20. The van der Waals surface area contributed by atoms with Crippen molar-refractivity contribution in [1.29, 1.82) is 0 Å². The fourth-order valence-corrected chi connectivity index (χ4v) is 6.20. The molecule has 0 saturated carbocycles. The summed E-state index contributed by atoms with van der Waals surface area (Å²) in [5, 5.41) is 0. The summed E-state index contributed by atoms with van der Waals surface area (Å²) in [5.74, 6) is 1.56. The van der Waals surface area contributed by atoms with Gasteiger partial charge in [0, 0.05) is 17.2 Å². The molecule has 2 aromatic carbocycles. The molecule has 2 aromatic heterocycles. The van der Waals surface area contributed by atoms with E-state index in [4.69, 9.17) is 14.5 Å². The predicted octanol–water partition coefficient (Wildman–Crippen LogP) is 13.3. The molecular formula is C42H54F2N2O2. The molecule has 0 spiro atoms. The van der Waals surface area contributed by atoms with E-state index in [2.05, 4.69) is 37.0 Å². The number of unbranched alkanes of at least 4 members (excludes halogenated alkanes) is 13. The Morgan fingerprint density at radius 1 is 0.562 bits per heavy atom. The number of aromatic nitrogens is 2. The first-order valence-corrected chi connectivity index (χ1v) is 18.4. The lowest BCUT2D eigenvalue weighted by Crippen LogP contribution is -2.07. The van der Waals surface area contributed by atoms with Gasteiger partial charge in [0.25, 0.3) is 0 Å². The van der Waals surface area contributed by atoms with E-state index in [0.29, 0.717) is 17.2 Å².